The molecule has 3 rings (SSSR count). The van der Waals surface area contributed by atoms with Crippen LogP contribution in [-0.4, -0.2) is 21.0 Å². The molecule has 0 aliphatic rings. The van der Waals surface area contributed by atoms with Crippen LogP contribution in [0.1, 0.15) is 21.6 Å². The molecule has 2 heterocycles. The standard InChI is InChI=1S/C19H17N3O2/c1-13-5-4-10-20-18(13)22-12-15-9-8-14(11-21-15)16-6-2-3-7-17(16)19(23)24/h2-11H,12H2,1H3,(H,20,22)(H,23,24). The highest BCUT2D eigenvalue weighted by Crippen LogP contribution is 2.23. The van der Waals surface area contributed by atoms with Crippen LogP contribution in [0.3, 0.4) is 0 Å². The van der Waals surface area contributed by atoms with Crippen molar-refractivity contribution in [1.29, 1.82) is 0 Å². The average molecular weight is 319 g/mol. The molecule has 0 spiro atoms. The molecule has 0 bridgehead atoms. The molecular weight excluding hydrogens is 302 g/mol. The number of nitrogens with one attached hydrogen (secondary N) is 1. The average Bonchev–Trinajstić information content (AvgIpc) is 2.61. The summed E-state index contributed by atoms with van der Waals surface area (Å²) in [6.45, 7) is 2.55. The number of aromatic carboxylic acids is 1. The topological polar surface area (TPSA) is 75.1 Å². The molecule has 0 aliphatic heterocycles. The number of anilines is 1. The first kappa shape index (κ1) is 15.7. The number of carboxylic acid groups (broad SMARTS) is 1. The maximum absolute atomic E-state index is 11.3. The third-order valence-corrected chi connectivity index (χ3v) is 3.74. The highest BCUT2D eigenvalue weighted by molar-refractivity contribution is 5.95. The van der Waals surface area contributed by atoms with Crippen molar-refractivity contribution in [2.75, 3.05) is 5.32 Å². The first-order valence-electron chi connectivity index (χ1n) is 7.58. The van der Waals surface area contributed by atoms with Crippen LogP contribution in [0.15, 0.2) is 60.9 Å². The fraction of sp³-hybridized carbons (Fsp3) is 0.105. The second-order valence-electron chi connectivity index (χ2n) is 5.41. The fourth-order valence-corrected chi connectivity index (χ4v) is 2.45. The molecule has 5 nitrogen and oxygen atoms in total. The molecule has 120 valence electrons. The summed E-state index contributed by atoms with van der Waals surface area (Å²) in [6.07, 6.45) is 3.44. The van der Waals surface area contributed by atoms with Gasteiger partial charge in [0.2, 0.25) is 0 Å². The number of hydrogen-bond acceptors (Lipinski definition) is 4. The van der Waals surface area contributed by atoms with Crippen molar-refractivity contribution in [2.45, 2.75) is 13.5 Å². The van der Waals surface area contributed by atoms with E-state index in [2.05, 4.69) is 15.3 Å². The Labute approximate surface area is 140 Å². The predicted molar refractivity (Wildman–Crippen MR) is 92.9 cm³/mol. The third kappa shape index (κ3) is 3.41. The number of aryl methyl sites for hydroxylation is 1. The zero-order valence-electron chi connectivity index (χ0n) is 13.2. The molecule has 3 aromatic rings. The highest BCUT2D eigenvalue weighted by atomic mass is 16.4. The van der Waals surface area contributed by atoms with E-state index in [-0.39, 0.29) is 5.56 Å². The number of nitrogens with zero attached hydrogens (tertiary/aromatic N) is 2. The maximum Gasteiger partial charge on any atom is 0.336 e. The Morgan fingerprint density at radius 2 is 1.92 bits per heavy atom. The summed E-state index contributed by atoms with van der Waals surface area (Å²) in [5.74, 6) is -0.110. The van der Waals surface area contributed by atoms with Gasteiger partial charge in [-0.1, -0.05) is 30.3 Å². The molecule has 0 amide bonds. The van der Waals surface area contributed by atoms with Gasteiger partial charge in [0, 0.05) is 18.0 Å². The van der Waals surface area contributed by atoms with Crippen LogP contribution in [0.25, 0.3) is 11.1 Å². The fourth-order valence-electron chi connectivity index (χ4n) is 2.45. The van der Waals surface area contributed by atoms with E-state index in [9.17, 15) is 9.90 Å². The van der Waals surface area contributed by atoms with Gasteiger partial charge >= 0.3 is 5.97 Å². The lowest BCUT2D eigenvalue weighted by molar-refractivity contribution is 0.0697. The zero-order chi connectivity index (χ0) is 16.9. The van der Waals surface area contributed by atoms with Crippen molar-refractivity contribution in [2.24, 2.45) is 0 Å². The summed E-state index contributed by atoms with van der Waals surface area (Å²) in [6, 6.07) is 14.6. The van der Waals surface area contributed by atoms with E-state index < -0.39 is 5.97 Å². The number of aromatic nitrogens is 2. The van der Waals surface area contributed by atoms with Crippen molar-refractivity contribution in [3.63, 3.8) is 0 Å². The number of hydrogen-bond donors (Lipinski definition) is 2. The van der Waals surface area contributed by atoms with E-state index in [1.54, 1.807) is 30.6 Å². The largest absolute Gasteiger partial charge is 0.478 e. The molecular formula is C19H17N3O2. The molecule has 0 saturated heterocycles. The zero-order valence-corrected chi connectivity index (χ0v) is 13.2. The minimum absolute atomic E-state index is 0.272. The second-order valence-corrected chi connectivity index (χ2v) is 5.41. The smallest absolute Gasteiger partial charge is 0.336 e. The van der Waals surface area contributed by atoms with Crippen LogP contribution < -0.4 is 5.32 Å². The SMILES string of the molecule is Cc1cccnc1NCc1ccc(-c2ccccc2C(=O)O)cn1. The molecule has 2 aromatic heterocycles. The van der Waals surface area contributed by atoms with Crippen molar-refractivity contribution < 1.29 is 9.90 Å². The van der Waals surface area contributed by atoms with E-state index >= 15 is 0 Å². The van der Waals surface area contributed by atoms with Crippen LogP contribution in [0.5, 0.6) is 0 Å². The Morgan fingerprint density at radius 3 is 2.62 bits per heavy atom. The lowest BCUT2D eigenvalue weighted by atomic mass is 10.0. The van der Waals surface area contributed by atoms with Crippen molar-refractivity contribution in [3.8, 4) is 11.1 Å². The molecule has 24 heavy (non-hydrogen) atoms. The number of carbonyl (C=O) groups is 1. The van der Waals surface area contributed by atoms with Crippen LogP contribution in [0.2, 0.25) is 0 Å². The Bertz CT molecular complexity index is 860. The predicted octanol–water partition coefficient (Wildman–Crippen LogP) is 3.76. The number of carboxylic acids is 1. The van der Waals surface area contributed by atoms with Gasteiger partial charge in [0.15, 0.2) is 0 Å². The summed E-state index contributed by atoms with van der Waals surface area (Å²) >= 11 is 0. The van der Waals surface area contributed by atoms with Gasteiger partial charge in [0.1, 0.15) is 5.82 Å². The van der Waals surface area contributed by atoms with E-state index in [0.717, 1.165) is 22.6 Å². The molecule has 1 aromatic carbocycles. The van der Waals surface area contributed by atoms with Crippen molar-refractivity contribution >= 4 is 11.8 Å². The van der Waals surface area contributed by atoms with Crippen LogP contribution in [0, 0.1) is 6.92 Å². The van der Waals surface area contributed by atoms with Crippen LogP contribution >= 0.6 is 0 Å². The van der Waals surface area contributed by atoms with E-state index in [0.29, 0.717) is 12.1 Å². The Hall–Kier alpha value is -3.21. The summed E-state index contributed by atoms with van der Waals surface area (Å²) in [5.41, 5.74) is 3.65. The highest BCUT2D eigenvalue weighted by Gasteiger charge is 2.11. The van der Waals surface area contributed by atoms with Gasteiger partial charge in [-0.3, -0.25) is 4.98 Å². The van der Waals surface area contributed by atoms with E-state index in [4.69, 9.17) is 0 Å². The summed E-state index contributed by atoms with van der Waals surface area (Å²) in [7, 11) is 0. The third-order valence-electron chi connectivity index (χ3n) is 3.74. The Balaban J connectivity index is 1.77. The number of benzene rings is 1. The summed E-state index contributed by atoms with van der Waals surface area (Å²) < 4.78 is 0. The molecule has 0 fully saturated rings. The number of pyridine rings is 2. The van der Waals surface area contributed by atoms with E-state index in [1.807, 2.05) is 37.3 Å². The molecule has 0 aliphatic carbocycles. The maximum atomic E-state index is 11.3. The van der Waals surface area contributed by atoms with E-state index in [1.165, 1.54) is 0 Å². The van der Waals surface area contributed by atoms with Gasteiger partial charge in [0.05, 0.1) is 17.8 Å². The van der Waals surface area contributed by atoms with Gasteiger partial charge in [0.25, 0.3) is 0 Å². The molecule has 0 saturated carbocycles. The molecule has 0 unspecified atom stereocenters. The monoisotopic (exact) mass is 319 g/mol. The summed E-state index contributed by atoms with van der Waals surface area (Å²) in [4.78, 5) is 20.0. The second kappa shape index (κ2) is 6.91. The lowest BCUT2D eigenvalue weighted by Gasteiger charge is -2.09. The summed E-state index contributed by atoms with van der Waals surface area (Å²) in [5, 5.41) is 12.5. The molecule has 5 heteroatoms. The Morgan fingerprint density at radius 1 is 1.08 bits per heavy atom. The quantitative estimate of drug-likeness (QED) is 0.749. The van der Waals surface area contributed by atoms with Gasteiger partial charge in [-0.2, -0.15) is 0 Å². The van der Waals surface area contributed by atoms with Crippen LogP contribution in [-0.2, 0) is 6.54 Å². The Kier molecular flexibility index (Phi) is 4.52. The molecule has 2 N–H and O–H groups in total. The minimum Gasteiger partial charge on any atom is -0.478 e. The van der Waals surface area contributed by atoms with Gasteiger partial charge in [-0.05, 0) is 36.2 Å². The minimum atomic E-state index is -0.943. The first-order chi connectivity index (χ1) is 11.6. The molecule has 0 radical (unpaired) electrons. The van der Waals surface area contributed by atoms with Gasteiger partial charge in [-0.15, -0.1) is 0 Å². The number of rotatable bonds is 5. The van der Waals surface area contributed by atoms with Crippen molar-refractivity contribution in [3.05, 3.63) is 77.7 Å². The van der Waals surface area contributed by atoms with Gasteiger partial charge in [-0.25, -0.2) is 9.78 Å². The normalized spacial score (nSPS) is 10.4. The van der Waals surface area contributed by atoms with Crippen LogP contribution in [0.4, 0.5) is 5.82 Å². The van der Waals surface area contributed by atoms with Gasteiger partial charge < -0.3 is 10.4 Å². The molecule has 0 atom stereocenters. The lowest BCUT2D eigenvalue weighted by Crippen LogP contribution is -2.04. The first-order valence-corrected chi connectivity index (χ1v) is 7.58. The van der Waals surface area contributed by atoms with Crippen molar-refractivity contribution in [1.82, 2.24) is 9.97 Å².